The normalized spacial score (nSPS) is 16.3. The number of thiophene rings is 1. The first-order valence-corrected chi connectivity index (χ1v) is 9.93. The Morgan fingerprint density at radius 2 is 2.00 bits per heavy atom. The number of carbonyl (C=O) groups excluding carboxylic acids is 1. The molecule has 0 spiro atoms. The fraction of sp³-hybridized carbons (Fsp3) is 0.350. The number of fused-ring (bicyclic) bond motifs is 1. The monoisotopic (exact) mass is 383 g/mol. The molecule has 1 fully saturated rings. The van der Waals surface area contributed by atoms with Gasteiger partial charge in [0, 0.05) is 26.3 Å². The van der Waals surface area contributed by atoms with E-state index in [1.165, 1.54) is 11.3 Å². The quantitative estimate of drug-likeness (QED) is 0.734. The van der Waals surface area contributed by atoms with Crippen molar-refractivity contribution in [1.82, 2.24) is 14.9 Å². The van der Waals surface area contributed by atoms with Crippen molar-refractivity contribution in [3.8, 4) is 0 Å². The molecule has 1 aromatic carbocycles. The van der Waals surface area contributed by atoms with Gasteiger partial charge in [-0.1, -0.05) is 30.3 Å². The molecule has 3 heterocycles. The maximum Gasteiger partial charge on any atom is 0.271 e. The Morgan fingerprint density at radius 3 is 2.78 bits per heavy atom. The molecule has 1 amide bonds. The number of benzene rings is 1. The molecule has 6 nitrogen and oxygen atoms in total. The van der Waals surface area contributed by atoms with E-state index in [4.69, 9.17) is 4.74 Å². The first-order chi connectivity index (χ1) is 13.2. The summed E-state index contributed by atoms with van der Waals surface area (Å²) in [6.07, 6.45) is 2.86. The number of amides is 1. The van der Waals surface area contributed by atoms with Gasteiger partial charge in [0.1, 0.15) is 4.70 Å². The van der Waals surface area contributed by atoms with Crippen molar-refractivity contribution in [2.24, 2.45) is 0 Å². The van der Waals surface area contributed by atoms with E-state index in [1.807, 2.05) is 41.8 Å². The van der Waals surface area contributed by atoms with Crippen LogP contribution in [0.1, 0.15) is 18.4 Å². The van der Waals surface area contributed by atoms with Gasteiger partial charge in [-0.15, -0.1) is 11.3 Å². The van der Waals surface area contributed by atoms with Crippen LogP contribution in [0.4, 0.5) is 0 Å². The van der Waals surface area contributed by atoms with E-state index in [9.17, 15) is 9.59 Å². The van der Waals surface area contributed by atoms with E-state index in [1.54, 1.807) is 10.9 Å². The standard InChI is InChI=1S/C20H21N3O3S/c24-18-17-16(6-13-27-17)22-14-23(18)10-9-21-19(25)20(7-11-26-12-8-20)15-4-2-1-3-5-15/h1-6,13-14H,7-12H2,(H,21,25). The number of carbonyl (C=O) groups is 1. The van der Waals surface area contributed by atoms with Gasteiger partial charge in [0.15, 0.2) is 0 Å². The van der Waals surface area contributed by atoms with Crippen LogP contribution in [0.2, 0.25) is 0 Å². The van der Waals surface area contributed by atoms with Crippen LogP contribution in [-0.2, 0) is 21.5 Å². The zero-order valence-corrected chi connectivity index (χ0v) is 15.7. The molecule has 1 aliphatic heterocycles. The largest absolute Gasteiger partial charge is 0.381 e. The molecular formula is C20H21N3O3S. The number of nitrogens with one attached hydrogen (secondary N) is 1. The van der Waals surface area contributed by atoms with E-state index < -0.39 is 5.41 Å². The zero-order valence-electron chi connectivity index (χ0n) is 14.9. The average Bonchev–Trinajstić information content (AvgIpc) is 3.20. The fourth-order valence-electron chi connectivity index (χ4n) is 3.62. The third-order valence-corrected chi connectivity index (χ3v) is 6.07. The molecule has 27 heavy (non-hydrogen) atoms. The van der Waals surface area contributed by atoms with E-state index in [2.05, 4.69) is 10.3 Å². The van der Waals surface area contributed by atoms with Gasteiger partial charge in [0.2, 0.25) is 5.91 Å². The van der Waals surface area contributed by atoms with Gasteiger partial charge in [0.05, 0.1) is 17.3 Å². The lowest BCUT2D eigenvalue weighted by Gasteiger charge is -2.36. The summed E-state index contributed by atoms with van der Waals surface area (Å²) in [4.78, 5) is 29.8. The molecule has 4 rings (SSSR count). The van der Waals surface area contributed by atoms with Gasteiger partial charge in [-0.2, -0.15) is 0 Å². The summed E-state index contributed by atoms with van der Waals surface area (Å²) in [5, 5.41) is 4.89. The van der Waals surface area contributed by atoms with Crippen LogP contribution < -0.4 is 10.9 Å². The van der Waals surface area contributed by atoms with Crippen LogP contribution >= 0.6 is 11.3 Å². The fourth-order valence-corrected chi connectivity index (χ4v) is 4.41. The van der Waals surface area contributed by atoms with E-state index in [-0.39, 0.29) is 11.5 Å². The lowest BCUT2D eigenvalue weighted by Crippen LogP contribution is -2.48. The average molecular weight is 383 g/mol. The molecule has 0 aliphatic carbocycles. The summed E-state index contributed by atoms with van der Waals surface area (Å²) >= 11 is 1.39. The molecule has 0 radical (unpaired) electrons. The smallest absolute Gasteiger partial charge is 0.271 e. The van der Waals surface area contributed by atoms with Crippen molar-refractivity contribution in [2.45, 2.75) is 24.8 Å². The Kier molecular flexibility index (Phi) is 5.05. The van der Waals surface area contributed by atoms with Gasteiger partial charge >= 0.3 is 0 Å². The van der Waals surface area contributed by atoms with Crippen LogP contribution in [0.3, 0.4) is 0 Å². The highest BCUT2D eigenvalue weighted by Gasteiger charge is 2.41. The van der Waals surface area contributed by atoms with Crippen molar-refractivity contribution in [3.05, 3.63) is 64.0 Å². The summed E-state index contributed by atoms with van der Waals surface area (Å²) in [7, 11) is 0. The Morgan fingerprint density at radius 1 is 1.22 bits per heavy atom. The van der Waals surface area contributed by atoms with Crippen LogP contribution in [-0.4, -0.2) is 35.2 Å². The lowest BCUT2D eigenvalue weighted by atomic mass is 9.73. The third kappa shape index (κ3) is 3.40. The highest BCUT2D eigenvalue weighted by atomic mass is 32.1. The Hall–Kier alpha value is -2.51. The minimum Gasteiger partial charge on any atom is -0.381 e. The number of nitrogens with zero attached hydrogens (tertiary/aromatic N) is 2. The maximum absolute atomic E-state index is 13.1. The topological polar surface area (TPSA) is 73.2 Å². The highest BCUT2D eigenvalue weighted by Crippen LogP contribution is 2.35. The summed E-state index contributed by atoms with van der Waals surface area (Å²) in [6.45, 7) is 1.92. The molecule has 0 atom stereocenters. The molecule has 0 bridgehead atoms. The number of rotatable bonds is 5. The van der Waals surface area contributed by atoms with Gasteiger partial charge in [-0.3, -0.25) is 14.2 Å². The summed E-state index contributed by atoms with van der Waals surface area (Å²) in [6, 6.07) is 11.7. The summed E-state index contributed by atoms with van der Waals surface area (Å²) in [5.41, 5.74) is 1.11. The minimum absolute atomic E-state index is 0.00444. The van der Waals surface area contributed by atoms with Crippen molar-refractivity contribution in [2.75, 3.05) is 19.8 Å². The summed E-state index contributed by atoms with van der Waals surface area (Å²) < 4.78 is 7.69. The van der Waals surface area contributed by atoms with Crippen LogP contribution in [0, 0.1) is 0 Å². The lowest BCUT2D eigenvalue weighted by molar-refractivity contribution is -0.130. The Balaban J connectivity index is 1.48. The van der Waals surface area contributed by atoms with Gasteiger partial charge < -0.3 is 10.1 Å². The summed E-state index contributed by atoms with van der Waals surface area (Å²) in [5.74, 6) is -0.00444. The molecule has 140 valence electrons. The van der Waals surface area contributed by atoms with Gasteiger partial charge in [-0.25, -0.2) is 4.98 Å². The number of hydrogen-bond acceptors (Lipinski definition) is 5. The molecule has 3 aromatic rings. The molecular weight excluding hydrogens is 362 g/mol. The van der Waals surface area contributed by atoms with Crippen LogP contribution in [0.15, 0.2) is 52.9 Å². The highest BCUT2D eigenvalue weighted by molar-refractivity contribution is 7.17. The maximum atomic E-state index is 13.1. The van der Waals surface area contributed by atoms with Gasteiger partial charge in [-0.05, 0) is 29.9 Å². The van der Waals surface area contributed by atoms with Crippen molar-refractivity contribution in [3.63, 3.8) is 0 Å². The third-order valence-electron chi connectivity index (χ3n) is 5.18. The first kappa shape index (κ1) is 17.9. The Labute approximate surface area is 160 Å². The first-order valence-electron chi connectivity index (χ1n) is 9.05. The predicted molar refractivity (Wildman–Crippen MR) is 105 cm³/mol. The second-order valence-corrected chi connectivity index (χ2v) is 7.61. The molecule has 7 heteroatoms. The van der Waals surface area contributed by atoms with Crippen molar-refractivity contribution < 1.29 is 9.53 Å². The van der Waals surface area contributed by atoms with Crippen LogP contribution in [0.5, 0.6) is 0 Å². The molecule has 0 unspecified atom stereocenters. The molecule has 1 aliphatic rings. The number of aromatic nitrogens is 2. The second kappa shape index (κ2) is 7.62. The molecule has 1 N–H and O–H groups in total. The minimum atomic E-state index is -0.569. The molecule has 0 saturated carbocycles. The molecule has 2 aromatic heterocycles. The molecule has 1 saturated heterocycles. The number of hydrogen-bond donors (Lipinski definition) is 1. The number of ether oxygens (including phenoxy) is 1. The SMILES string of the molecule is O=C(NCCn1cnc2ccsc2c1=O)C1(c2ccccc2)CCOCC1. The van der Waals surface area contributed by atoms with E-state index >= 15 is 0 Å². The predicted octanol–water partition coefficient (Wildman–Crippen LogP) is 2.32. The van der Waals surface area contributed by atoms with E-state index in [0.29, 0.717) is 43.8 Å². The van der Waals surface area contributed by atoms with Crippen molar-refractivity contribution in [1.29, 1.82) is 0 Å². The second-order valence-electron chi connectivity index (χ2n) is 6.69. The van der Waals surface area contributed by atoms with Crippen LogP contribution in [0.25, 0.3) is 10.2 Å². The van der Waals surface area contributed by atoms with Crippen molar-refractivity contribution >= 4 is 27.5 Å². The zero-order chi connectivity index (χ0) is 18.7. The van der Waals surface area contributed by atoms with E-state index in [0.717, 1.165) is 11.1 Å². The Bertz CT molecular complexity index is 990. The van der Waals surface area contributed by atoms with Gasteiger partial charge in [0.25, 0.3) is 5.56 Å².